The first-order valence-corrected chi connectivity index (χ1v) is 11.0. The largest absolute Gasteiger partial charge is 0.367 e. The quantitative estimate of drug-likeness (QED) is 0.442. The Kier molecular flexibility index (Phi) is 4.58. The van der Waals surface area contributed by atoms with Crippen LogP contribution in [0.2, 0.25) is 0 Å². The summed E-state index contributed by atoms with van der Waals surface area (Å²) in [4.78, 5) is 21.5. The van der Waals surface area contributed by atoms with Gasteiger partial charge in [-0.05, 0) is 37.7 Å². The van der Waals surface area contributed by atoms with Crippen LogP contribution in [-0.4, -0.2) is 68.3 Å². The molecule has 0 amide bonds. The number of rotatable bonds is 3. The molecule has 5 aromatic rings. The van der Waals surface area contributed by atoms with E-state index in [1.165, 1.54) is 6.07 Å². The van der Waals surface area contributed by atoms with Crippen molar-refractivity contribution in [2.24, 2.45) is 0 Å². The summed E-state index contributed by atoms with van der Waals surface area (Å²) in [6, 6.07) is 7.19. The molecule has 1 aromatic carbocycles. The second-order valence-corrected chi connectivity index (χ2v) is 8.54. The second kappa shape index (κ2) is 7.63. The molecule has 5 heterocycles. The average molecular weight is 443 g/mol. The van der Waals surface area contributed by atoms with E-state index in [0.717, 1.165) is 53.9 Å². The van der Waals surface area contributed by atoms with Gasteiger partial charge >= 0.3 is 0 Å². The van der Waals surface area contributed by atoms with Crippen LogP contribution < -0.4 is 4.90 Å². The standard InChI is InChI=1S/C24H23FN8/c1-14-3-5-26-13-17(14)15-11-16-19(12-18(15)25)30-31-21(16)24-28-22-20(4-6-27-23(22)29-24)33-9-7-32(2)8-10-33/h3-6,11-13H,7-10H2,1-2H3,(H,30,31)(H,27,28,29). The van der Waals surface area contributed by atoms with Crippen LogP contribution in [0.5, 0.6) is 0 Å². The van der Waals surface area contributed by atoms with Gasteiger partial charge in [0.05, 0.1) is 11.2 Å². The number of aryl methyl sites for hydroxylation is 1. The lowest BCUT2D eigenvalue weighted by molar-refractivity contribution is 0.313. The Labute approximate surface area is 189 Å². The zero-order valence-corrected chi connectivity index (χ0v) is 18.4. The Morgan fingerprint density at radius 2 is 1.88 bits per heavy atom. The van der Waals surface area contributed by atoms with Crippen molar-refractivity contribution >= 4 is 27.8 Å². The minimum absolute atomic E-state index is 0.322. The molecule has 1 fully saturated rings. The van der Waals surface area contributed by atoms with Crippen LogP contribution in [0, 0.1) is 12.7 Å². The molecule has 6 rings (SSSR count). The first-order chi connectivity index (χ1) is 16.1. The van der Waals surface area contributed by atoms with Gasteiger partial charge in [0, 0.05) is 67.3 Å². The molecule has 33 heavy (non-hydrogen) atoms. The molecular formula is C24H23FN8. The van der Waals surface area contributed by atoms with Gasteiger partial charge in [-0.25, -0.2) is 14.4 Å². The van der Waals surface area contributed by atoms with Crippen LogP contribution >= 0.6 is 0 Å². The highest BCUT2D eigenvalue weighted by molar-refractivity contribution is 5.97. The number of aromatic nitrogens is 6. The Hall–Kier alpha value is -3.85. The number of nitrogens with zero attached hydrogens (tertiary/aromatic N) is 6. The highest BCUT2D eigenvalue weighted by atomic mass is 19.1. The lowest BCUT2D eigenvalue weighted by Gasteiger charge is -2.34. The van der Waals surface area contributed by atoms with E-state index in [9.17, 15) is 4.39 Å². The highest BCUT2D eigenvalue weighted by Gasteiger charge is 2.21. The number of fused-ring (bicyclic) bond motifs is 2. The van der Waals surface area contributed by atoms with Crippen molar-refractivity contribution in [1.82, 2.24) is 35.0 Å². The number of nitrogens with one attached hydrogen (secondary N) is 2. The maximum Gasteiger partial charge on any atom is 0.180 e. The molecule has 1 aliphatic rings. The Balaban J connectivity index is 1.47. The lowest BCUT2D eigenvalue weighted by atomic mass is 10.0. The summed E-state index contributed by atoms with van der Waals surface area (Å²) in [7, 11) is 2.14. The zero-order chi connectivity index (χ0) is 22.5. The smallest absolute Gasteiger partial charge is 0.180 e. The molecule has 1 saturated heterocycles. The van der Waals surface area contributed by atoms with Gasteiger partial charge in [0.25, 0.3) is 0 Å². The summed E-state index contributed by atoms with van der Waals surface area (Å²) in [5.41, 5.74) is 6.07. The molecule has 0 atom stereocenters. The number of piperazine rings is 1. The van der Waals surface area contributed by atoms with E-state index in [1.807, 2.05) is 25.1 Å². The summed E-state index contributed by atoms with van der Waals surface area (Å²) >= 11 is 0. The first-order valence-electron chi connectivity index (χ1n) is 11.0. The molecule has 0 aliphatic carbocycles. The summed E-state index contributed by atoms with van der Waals surface area (Å²) in [6.45, 7) is 5.86. The zero-order valence-electron chi connectivity index (χ0n) is 18.4. The molecule has 0 saturated carbocycles. The molecule has 0 bridgehead atoms. The number of aromatic amines is 2. The highest BCUT2D eigenvalue weighted by Crippen LogP contribution is 2.34. The number of anilines is 1. The molecule has 8 nitrogen and oxygen atoms in total. The fraction of sp³-hybridized carbons (Fsp3) is 0.250. The average Bonchev–Trinajstić information content (AvgIpc) is 3.43. The number of halogens is 1. The Bertz CT molecular complexity index is 1480. The van der Waals surface area contributed by atoms with Gasteiger partial charge in [-0.1, -0.05) is 0 Å². The Morgan fingerprint density at radius 3 is 2.70 bits per heavy atom. The predicted octanol–water partition coefficient (Wildman–Crippen LogP) is 3.76. The van der Waals surface area contributed by atoms with Crippen LogP contribution in [0.3, 0.4) is 0 Å². The van der Waals surface area contributed by atoms with E-state index in [0.29, 0.717) is 28.2 Å². The fourth-order valence-electron chi connectivity index (χ4n) is 4.49. The molecule has 4 aromatic heterocycles. The summed E-state index contributed by atoms with van der Waals surface area (Å²) < 4.78 is 14.9. The van der Waals surface area contributed by atoms with E-state index >= 15 is 0 Å². The number of hydrogen-bond donors (Lipinski definition) is 2. The van der Waals surface area contributed by atoms with Gasteiger partial charge in [0.1, 0.15) is 17.0 Å². The summed E-state index contributed by atoms with van der Waals surface area (Å²) in [5.74, 6) is 0.281. The minimum Gasteiger partial charge on any atom is -0.367 e. The normalized spacial score (nSPS) is 15.1. The maximum atomic E-state index is 14.9. The van der Waals surface area contributed by atoms with Gasteiger partial charge in [0.2, 0.25) is 0 Å². The van der Waals surface area contributed by atoms with Gasteiger partial charge in [0.15, 0.2) is 11.5 Å². The maximum absolute atomic E-state index is 14.9. The number of pyridine rings is 2. The number of hydrogen-bond acceptors (Lipinski definition) is 6. The van der Waals surface area contributed by atoms with Crippen LogP contribution in [-0.2, 0) is 0 Å². The second-order valence-electron chi connectivity index (χ2n) is 8.54. The molecule has 0 spiro atoms. The SMILES string of the molecule is Cc1ccncc1-c1cc2c(-c3nc4nccc(N5CCN(C)CC5)c4[nH]3)n[nH]c2cc1F. The van der Waals surface area contributed by atoms with E-state index in [1.54, 1.807) is 18.6 Å². The van der Waals surface area contributed by atoms with Gasteiger partial charge in [-0.2, -0.15) is 5.10 Å². The topological polar surface area (TPSA) is 89.6 Å². The van der Waals surface area contributed by atoms with Crippen molar-refractivity contribution in [2.45, 2.75) is 6.92 Å². The van der Waals surface area contributed by atoms with Gasteiger partial charge in [-0.3, -0.25) is 10.1 Å². The predicted molar refractivity (Wildman–Crippen MR) is 127 cm³/mol. The van der Waals surface area contributed by atoms with Crippen molar-refractivity contribution in [3.63, 3.8) is 0 Å². The molecule has 2 N–H and O–H groups in total. The number of likely N-dealkylation sites (N-methyl/N-ethyl adjacent to an activating group) is 1. The van der Waals surface area contributed by atoms with Crippen LogP contribution in [0.1, 0.15) is 5.56 Å². The van der Waals surface area contributed by atoms with Crippen LogP contribution in [0.25, 0.3) is 44.7 Å². The van der Waals surface area contributed by atoms with E-state index in [4.69, 9.17) is 4.98 Å². The molecule has 0 unspecified atom stereocenters. The number of H-pyrrole nitrogens is 2. The van der Waals surface area contributed by atoms with Crippen LogP contribution in [0.15, 0.2) is 42.9 Å². The van der Waals surface area contributed by atoms with E-state index in [-0.39, 0.29) is 5.82 Å². The summed E-state index contributed by atoms with van der Waals surface area (Å²) in [6.07, 6.45) is 5.19. The van der Waals surface area contributed by atoms with Crippen molar-refractivity contribution < 1.29 is 4.39 Å². The fourth-order valence-corrected chi connectivity index (χ4v) is 4.49. The van der Waals surface area contributed by atoms with E-state index in [2.05, 4.69) is 42.0 Å². The third kappa shape index (κ3) is 3.32. The monoisotopic (exact) mass is 442 g/mol. The molecule has 166 valence electrons. The van der Waals surface area contributed by atoms with Gasteiger partial charge < -0.3 is 14.8 Å². The molecule has 0 radical (unpaired) electrons. The van der Waals surface area contributed by atoms with Crippen molar-refractivity contribution in [2.75, 3.05) is 38.1 Å². The molecule has 9 heteroatoms. The van der Waals surface area contributed by atoms with Crippen LogP contribution in [0.4, 0.5) is 10.1 Å². The van der Waals surface area contributed by atoms with Crippen molar-refractivity contribution in [1.29, 1.82) is 0 Å². The third-order valence-corrected chi connectivity index (χ3v) is 6.42. The number of imidazole rings is 1. The van der Waals surface area contributed by atoms with E-state index < -0.39 is 0 Å². The lowest BCUT2D eigenvalue weighted by Crippen LogP contribution is -2.44. The van der Waals surface area contributed by atoms with Crippen molar-refractivity contribution in [3.05, 3.63) is 54.2 Å². The molecule has 1 aliphatic heterocycles. The Morgan fingerprint density at radius 1 is 1.03 bits per heavy atom. The van der Waals surface area contributed by atoms with Gasteiger partial charge in [-0.15, -0.1) is 0 Å². The first kappa shape index (κ1) is 19.8. The number of benzene rings is 1. The third-order valence-electron chi connectivity index (χ3n) is 6.42. The molecular weight excluding hydrogens is 419 g/mol. The summed E-state index contributed by atoms with van der Waals surface area (Å²) in [5, 5.41) is 8.20. The minimum atomic E-state index is -0.322. The van der Waals surface area contributed by atoms with Crippen molar-refractivity contribution in [3.8, 4) is 22.6 Å².